The first kappa shape index (κ1) is 22.8. The van der Waals surface area contributed by atoms with Crippen molar-refractivity contribution in [1.82, 2.24) is 0 Å². The normalized spacial score (nSPS) is 27.9. The van der Waals surface area contributed by atoms with Crippen molar-refractivity contribution in [1.29, 1.82) is 0 Å². The number of hydrogen-bond donors (Lipinski definition) is 0. The molecule has 0 heterocycles. The Morgan fingerprint density at radius 3 is 1.93 bits per heavy atom. The minimum absolute atomic E-state index is 0.0226. The zero-order valence-electron chi connectivity index (χ0n) is 17.1. The van der Waals surface area contributed by atoms with Gasteiger partial charge in [-0.1, -0.05) is 24.8 Å². The van der Waals surface area contributed by atoms with Crippen LogP contribution >= 0.6 is 0 Å². The SMILES string of the molecule is C=C/C=C\CC1CCC(C2CCC(c3cc(F)c(OC(F)(F)F)c(F)c3)CC2)CC1. The number of benzene rings is 1. The summed E-state index contributed by atoms with van der Waals surface area (Å²) in [6.07, 6.45) is 10.5. The van der Waals surface area contributed by atoms with E-state index < -0.39 is 23.7 Å². The molecule has 0 unspecified atom stereocenters. The number of halogens is 5. The van der Waals surface area contributed by atoms with Crippen LogP contribution in [0.4, 0.5) is 22.0 Å². The van der Waals surface area contributed by atoms with Crippen LogP contribution in [0.5, 0.6) is 5.75 Å². The summed E-state index contributed by atoms with van der Waals surface area (Å²) in [5.74, 6) is -1.90. The van der Waals surface area contributed by atoms with Gasteiger partial charge in [0.05, 0.1) is 0 Å². The second kappa shape index (κ2) is 9.97. The second-order valence-electron chi connectivity index (χ2n) is 8.65. The van der Waals surface area contributed by atoms with Gasteiger partial charge >= 0.3 is 6.36 Å². The summed E-state index contributed by atoms with van der Waals surface area (Å²) < 4.78 is 68.5. The van der Waals surface area contributed by atoms with E-state index in [1.165, 1.54) is 25.7 Å². The van der Waals surface area contributed by atoms with E-state index in [1.54, 1.807) is 6.08 Å². The van der Waals surface area contributed by atoms with Crippen molar-refractivity contribution in [3.63, 3.8) is 0 Å². The third-order valence-electron chi connectivity index (χ3n) is 6.78. The molecule has 2 aliphatic carbocycles. The van der Waals surface area contributed by atoms with Crippen LogP contribution in [0.25, 0.3) is 0 Å². The molecule has 0 saturated heterocycles. The predicted molar refractivity (Wildman–Crippen MR) is 107 cm³/mol. The summed E-state index contributed by atoms with van der Waals surface area (Å²) in [5, 5.41) is 0. The highest BCUT2D eigenvalue weighted by Crippen LogP contribution is 2.45. The van der Waals surface area contributed by atoms with Crippen molar-refractivity contribution in [2.75, 3.05) is 0 Å². The number of allylic oxidation sites excluding steroid dienone is 3. The van der Waals surface area contributed by atoms with Gasteiger partial charge in [0.2, 0.25) is 5.75 Å². The number of ether oxygens (including phenoxy) is 1. The van der Waals surface area contributed by atoms with Crippen molar-refractivity contribution in [2.24, 2.45) is 17.8 Å². The first-order valence-corrected chi connectivity index (χ1v) is 10.8. The van der Waals surface area contributed by atoms with Gasteiger partial charge in [-0.3, -0.25) is 0 Å². The zero-order chi connectivity index (χ0) is 21.7. The van der Waals surface area contributed by atoms with Gasteiger partial charge < -0.3 is 4.74 Å². The van der Waals surface area contributed by atoms with Gasteiger partial charge in [-0.05, 0) is 99.2 Å². The molecule has 1 nitrogen and oxygen atoms in total. The molecule has 166 valence electrons. The zero-order valence-corrected chi connectivity index (χ0v) is 17.1. The van der Waals surface area contributed by atoms with Gasteiger partial charge in [-0.15, -0.1) is 13.2 Å². The minimum atomic E-state index is -5.12. The van der Waals surface area contributed by atoms with Gasteiger partial charge in [0.15, 0.2) is 11.6 Å². The monoisotopic (exact) mass is 428 g/mol. The van der Waals surface area contributed by atoms with Crippen LogP contribution in [0, 0.1) is 29.4 Å². The predicted octanol–water partition coefficient (Wildman–Crippen LogP) is 8.08. The summed E-state index contributed by atoms with van der Waals surface area (Å²) >= 11 is 0. The van der Waals surface area contributed by atoms with E-state index in [4.69, 9.17) is 0 Å². The molecule has 0 radical (unpaired) electrons. The number of alkyl halides is 3. The Hall–Kier alpha value is -1.85. The van der Waals surface area contributed by atoms with Crippen LogP contribution in [0.15, 0.2) is 36.9 Å². The molecular formula is C24H29F5O. The maximum Gasteiger partial charge on any atom is 0.573 e. The average Bonchev–Trinajstić information content (AvgIpc) is 2.71. The van der Waals surface area contributed by atoms with E-state index in [0.29, 0.717) is 17.4 Å². The molecule has 1 aromatic carbocycles. The molecule has 3 rings (SSSR count). The Bertz CT molecular complexity index is 715. The standard InChI is InChI=1S/C24H29F5O/c1-2-3-4-5-16-6-8-17(9-7-16)18-10-12-19(13-11-18)20-14-21(25)23(22(26)15-20)30-24(27,28)29/h2-4,14-19H,1,5-13H2/b4-3-. The average molecular weight is 428 g/mol. The molecule has 0 aliphatic heterocycles. The first-order valence-electron chi connectivity index (χ1n) is 10.8. The number of rotatable bonds is 6. The van der Waals surface area contributed by atoms with E-state index in [9.17, 15) is 22.0 Å². The fraction of sp³-hybridized carbons (Fsp3) is 0.583. The Morgan fingerprint density at radius 1 is 0.900 bits per heavy atom. The van der Waals surface area contributed by atoms with Crippen molar-refractivity contribution in [3.8, 4) is 5.75 Å². The number of hydrogen-bond acceptors (Lipinski definition) is 1. The highest BCUT2D eigenvalue weighted by atomic mass is 19.4. The molecule has 2 fully saturated rings. The highest BCUT2D eigenvalue weighted by molar-refractivity contribution is 5.33. The van der Waals surface area contributed by atoms with E-state index in [1.807, 2.05) is 6.08 Å². The molecular weight excluding hydrogens is 399 g/mol. The van der Waals surface area contributed by atoms with Crippen molar-refractivity contribution < 1.29 is 26.7 Å². The van der Waals surface area contributed by atoms with Crippen LogP contribution < -0.4 is 4.74 Å². The van der Waals surface area contributed by atoms with Crippen molar-refractivity contribution in [3.05, 3.63) is 54.1 Å². The second-order valence-corrected chi connectivity index (χ2v) is 8.65. The molecule has 0 spiro atoms. The summed E-state index contributed by atoms with van der Waals surface area (Å²) in [7, 11) is 0. The third-order valence-corrected chi connectivity index (χ3v) is 6.78. The fourth-order valence-electron chi connectivity index (χ4n) is 5.21. The maximum atomic E-state index is 14.0. The van der Waals surface area contributed by atoms with Gasteiger partial charge in [0.1, 0.15) is 0 Å². The topological polar surface area (TPSA) is 9.23 Å². The van der Waals surface area contributed by atoms with E-state index in [2.05, 4.69) is 17.4 Å². The summed E-state index contributed by atoms with van der Waals surface area (Å²) in [6, 6.07) is 1.99. The third kappa shape index (κ3) is 6.08. The largest absolute Gasteiger partial charge is 0.573 e. The lowest BCUT2D eigenvalue weighted by Crippen LogP contribution is -2.25. The van der Waals surface area contributed by atoms with E-state index >= 15 is 0 Å². The van der Waals surface area contributed by atoms with Gasteiger partial charge in [0, 0.05) is 0 Å². The summed E-state index contributed by atoms with van der Waals surface area (Å²) in [5.41, 5.74) is 0.427. The van der Waals surface area contributed by atoms with Gasteiger partial charge in [-0.25, -0.2) is 8.78 Å². The van der Waals surface area contributed by atoms with E-state index in [-0.39, 0.29) is 5.92 Å². The molecule has 0 atom stereocenters. The Labute approximate surface area is 175 Å². The van der Waals surface area contributed by atoms with Crippen LogP contribution in [0.2, 0.25) is 0 Å². The van der Waals surface area contributed by atoms with Crippen molar-refractivity contribution in [2.45, 2.75) is 70.1 Å². The van der Waals surface area contributed by atoms with Crippen LogP contribution in [0.1, 0.15) is 69.3 Å². The summed E-state index contributed by atoms with van der Waals surface area (Å²) in [6.45, 7) is 3.69. The molecule has 1 aromatic rings. The Morgan fingerprint density at radius 2 is 1.43 bits per heavy atom. The highest BCUT2D eigenvalue weighted by Gasteiger charge is 2.35. The fourth-order valence-corrected chi connectivity index (χ4v) is 5.21. The Kier molecular flexibility index (Phi) is 7.59. The molecule has 0 bridgehead atoms. The van der Waals surface area contributed by atoms with Crippen LogP contribution in [-0.2, 0) is 0 Å². The minimum Gasteiger partial charge on any atom is -0.399 e. The van der Waals surface area contributed by atoms with E-state index in [0.717, 1.165) is 50.2 Å². The van der Waals surface area contributed by atoms with Crippen LogP contribution in [-0.4, -0.2) is 6.36 Å². The Balaban J connectivity index is 1.52. The smallest absolute Gasteiger partial charge is 0.399 e. The molecule has 0 aromatic heterocycles. The van der Waals surface area contributed by atoms with Crippen molar-refractivity contribution >= 4 is 0 Å². The van der Waals surface area contributed by atoms with Gasteiger partial charge in [0.25, 0.3) is 0 Å². The molecule has 30 heavy (non-hydrogen) atoms. The maximum absolute atomic E-state index is 14.0. The van der Waals surface area contributed by atoms with Crippen LogP contribution in [0.3, 0.4) is 0 Å². The quantitative estimate of drug-likeness (QED) is 0.329. The lowest BCUT2D eigenvalue weighted by molar-refractivity contribution is -0.276. The lowest BCUT2D eigenvalue weighted by Gasteiger charge is -2.38. The molecule has 6 heteroatoms. The summed E-state index contributed by atoms with van der Waals surface area (Å²) in [4.78, 5) is 0. The molecule has 2 aliphatic rings. The lowest BCUT2D eigenvalue weighted by atomic mass is 9.68. The molecule has 0 N–H and O–H groups in total. The van der Waals surface area contributed by atoms with Gasteiger partial charge in [-0.2, -0.15) is 0 Å². The molecule has 2 saturated carbocycles. The first-order chi connectivity index (χ1) is 14.3. The molecule has 0 amide bonds.